The first kappa shape index (κ1) is 28.0. The topological polar surface area (TPSA) is 63.2 Å². The zero-order valence-electron chi connectivity index (χ0n) is 23.2. The minimum atomic E-state index is -0.666. The monoisotopic (exact) mass is 482 g/mol. The first-order valence-electron chi connectivity index (χ1n) is 13.8. The van der Waals surface area contributed by atoms with Crippen LogP contribution in [-0.4, -0.2) is 55.0 Å². The number of ether oxygens (including phenoxy) is 5. The van der Waals surface area contributed by atoms with E-state index >= 15 is 0 Å². The molecule has 0 aliphatic carbocycles. The highest BCUT2D eigenvalue weighted by molar-refractivity contribution is 5.81. The Labute approximate surface area is 207 Å². The van der Waals surface area contributed by atoms with E-state index in [1.165, 1.54) is 0 Å². The van der Waals surface area contributed by atoms with Crippen LogP contribution in [-0.2, 0) is 28.5 Å². The van der Waals surface area contributed by atoms with Gasteiger partial charge in [-0.3, -0.25) is 4.79 Å². The van der Waals surface area contributed by atoms with Crippen LogP contribution in [0.15, 0.2) is 0 Å². The van der Waals surface area contributed by atoms with E-state index in [1.807, 2.05) is 0 Å². The molecule has 0 aromatic heterocycles. The quantitative estimate of drug-likeness (QED) is 0.470. The van der Waals surface area contributed by atoms with Crippen molar-refractivity contribution in [2.75, 3.05) is 0 Å². The van der Waals surface area contributed by atoms with E-state index in [1.54, 1.807) is 6.92 Å². The SMILES string of the molecule is CCC1O[C@@H](O[C@@H]2C(C(C)=O)O[C@@H](O[C@@H]3C(CC)O[C@H](C)C[C@H]3C)C(C)[C@H]2C)C(C)[C@@H](C)[C@@H]1C. The molecule has 0 amide bonds. The molecule has 3 rings (SSSR count). The van der Waals surface area contributed by atoms with E-state index < -0.39 is 12.4 Å². The molecular weight excluding hydrogens is 432 g/mol. The molecule has 5 unspecified atom stereocenters. The lowest BCUT2D eigenvalue weighted by Gasteiger charge is -2.49. The van der Waals surface area contributed by atoms with Crippen molar-refractivity contribution in [2.45, 2.75) is 138 Å². The lowest BCUT2D eigenvalue weighted by atomic mass is 9.78. The predicted molar refractivity (Wildman–Crippen MR) is 132 cm³/mol. The molecule has 34 heavy (non-hydrogen) atoms. The zero-order chi connectivity index (χ0) is 25.3. The number of rotatable bonds is 7. The number of hydrogen-bond acceptors (Lipinski definition) is 6. The second-order valence-electron chi connectivity index (χ2n) is 11.6. The van der Waals surface area contributed by atoms with Gasteiger partial charge in [0.1, 0.15) is 6.10 Å². The highest BCUT2D eigenvalue weighted by atomic mass is 16.7. The Morgan fingerprint density at radius 3 is 1.85 bits per heavy atom. The largest absolute Gasteiger partial charge is 0.373 e. The average molecular weight is 483 g/mol. The molecule has 0 radical (unpaired) electrons. The lowest BCUT2D eigenvalue weighted by Crippen LogP contribution is -2.58. The molecule has 3 saturated heterocycles. The third-order valence-electron chi connectivity index (χ3n) is 9.17. The van der Waals surface area contributed by atoms with Crippen molar-refractivity contribution in [3.05, 3.63) is 0 Å². The fourth-order valence-corrected chi connectivity index (χ4v) is 6.27. The maximum atomic E-state index is 12.8. The van der Waals surface area contributed by atoms with Gasteiger partial charge in [0, 0.05) is 11.8 Å². The van der Waals surface area contributed by atoms with Gasteiger partial charge in [-0.1, -0.05) is 55.4 Å². The van der Waals surface area contributed by atoms with Crippen LogP contribution < -0.4 is 0 Å². The van der Waals surface area contributed by atoms with Crippen LogP contribution >= 0.6 is 0 Å². The molecule has 6 nitrogen and oxygen atoms in total. The molecule has 3 heterocycles. The van der Waals surface area contributed by atoms with Crippen LogP contribution in [0.2, 0.25) is 0 Å². The smallest absolute Gasteiger partial charge is 0.162 e. The first-order chi connectivity index (χ1) is 16.0. The van der Waals surface area contributed by atoms with E-state index in [2.05, 4.69) is 62.3 Å². The molecule has 3 aliphatic rings. The van der Waals surface area contributed by atoms with Crippen molar-refractivity contribution in [3.8, 4) is 0 Å². The Bertz CT molecular complexity index is 667. The molecule has 14 atom stereocenters. The fourth-order valence-electron chi connectivity index (χ4n) is 6.27. The van der Waals surface area contributed by atoms with Gasteiger partial charge in [-0.05, 0) is 56.8 Å². The van der Waals surface area contributed by atoms with Gasteiger partial charge < -0.3 is 23.7 Å². The molecule has 0 spiro atoms. The highest BCUT2D eigenvalue weighted by Crippen LogP contribution is 2.41. The standard InChI is InChI=1S/C28H50O6/c1-11-22-17(6)16(5)19(8)27(31-22)33-25-18(7)20(9)28(34-26(25)21(10)29)32-24-14(3)13-15(4)30-23(24)12-2/h14-20,22-28H,11-13H2,1-10H3/t14-,15-,16+,17+,18-,19?,20?,22?,23?,24+,25+,26?,27+,28-/m1/s1. The Kier molecular flexibility index (Phi) is 9.64. The Morgan fingerprint density at radius 1 is 0.706 bits per heavy atom. The maximum Gasteiger partial charge on any atom is 0.162 e. The summed E-state index contributed by atoms with van der Waals surface area (Å²) in [6, 6.07) is 0. The van der Waals surface area contributed by atoms with Crippen molar-refractivity contribution >= 4 is 5.78 Å². The third-order valence-corrected chi connectivity index (χ3v) is 9.17. The Morgan fingerprint density at radius 2 is 1.26 bits per heavy atom. The van der Waals surface area contributed by atoms with Crippen LogP contribution in [0.1, 0.15) is 88.5 Å². The summed E-state index contributed by atoms with van der Waals surface area (Å²) in [6.07, 6.45) is 1.39. The summed E-state index contributed by atoms with van der Waals surface area (Å²) in [6.45, 7) is 21.3. The molecular formula is C28H50O6. The minimum absolute atomic E-state index is 0.0251. The Balaban J connectivity index is 1.75. The molecule has 0 saturated carbocycles. The summed E-state index contributed by atoms with van der Waals surface area (Å²) in [5.41, 5.74) is 0. The Hall–Kier alpha value is -0.530. The van der Waals surface area contributed by atoms with Gasteiger partial charge in [-0.2, -0.15) is 0 Å². The molecule has 6 heteroatoms. The van der Waals surface area contributed by atoms with Gasteiger partial charge in [0.2, 0.25) is 0 Å². The van der Waals surface area contributed by atoms with E-state index in [4.69, 9.17) is 23.7 Å². The molecule has 0 bridgehead atoms. The summed E-state index contributed by atoms with van der Waals surface area (Å²) in [4.78, 5) is 12.8. The highest BCUT2D eigenvalue weighted by Gasteiger charge is 2.49. The number of carbonyl (C=O) groups is 1. The van der Waals surface area contributed by atoms with Gasteiger partial charge in [0.15, 0.2) is 18.4 Å². The van der Waals surface area contributed by atoms with Gasteiger partial charge in [0.25, 0.3) is 0 Å². The lowest BCUT2D eigenvalue weighted by molar-refractivity contribution is -0.331. The van der Waals surface area contributed by atoms with Crippen molar-refractivity contribution < 1.29 is 28.5 Å². The predicted octanol–water partition coefficient (Wildman–Crippen LogP) is 5.61. The summed E-state index contributed by atoms with van der Waals surface area (Å²) >= 11 is 0. The number of carbonyl (C=O) groups excluding carboxylic acids is 1. The van der Waals surface area contributed by atoms with Crippen molar-refractivity contribution in [1.29, 1.82) is 0 Å². The van der Waals surface area contributed by atoms with Crippen molar-refractivity contribution in [2.24, 2.45) is 35.5 Å². The first-order valence-corrected chi connectivity index (χ1v) is 13.8. The third kappa shape index (κ3) is 5.72. The molecule has 0 aromatic rings. The van der Waals surface area contributed by atoms with Crippen LogP contribution in [0.25, 0.3) is 0 Å². The van der Waals surface area contributed by atoms with Crippen LogP contribution in [0.5, 0.6) is 0 Å². The average Bonchev–Trinajstić information content (AvgIpc) is 2.79. The normalized spacial score (nSPS) is 50.2. The van der Waals surface area contributed by atoms with Crippen LogP contribution in [0.3, 0.4) is 0 Å². The summed E-state index contributed by atoms with van der Waals surface area (Å²) in [5.74, 6) is 1.70. The zero-order valence-corrected chi connectivity index (χ0v) is 23.2. The van der Waals surface area contributed by atoms with Crippen molar-refractivity contribution in [1.82, 2.24) is 0 Å². The van der Waals surface area contributed by atoms with Gasteiger partial charge in [0.05, 0.1) is 30.5 Å². The van der Waals surface area contributed by atoms with Gasteiger partial charge in [-0.15, -0.1) is 0 Å². The molecule has 0 aromatic carbocycles. The summed E-state index contributed by atoms with van der Waals surface area (Å²) < 4.78 is 32.2. The maximum absolute atomic E-state index is 12.8. The van der Waals surface area contributed by atoms with E-state index in [-0.39, 0.29) is 60.3 Å². The van der Waals surface area contributed by atoms with E-state index in [0.29, 0.717) is 17.8 Å². The fraction of sp³-hybridized carbons (Fsp3) is 0.964. The second-order valence-corrected chi connectivity index (χ2v) is 11.6. The number of Topliss-reactive ketones (excluding diaryl/α,β-unsaturated/α-hetero) is 1. The summed E-state index contributed by atoms with van der Waals surface area (Å²) in [5, 5.41) is 0. The molecule has 0 N–H and O–H groups in total. The second kappa shape index (κ2) is 11.7. The molecule has 3 fully saturated rings. The molecule has 3 aliphatic heterocycles. The van der Waals surface area contributed by atoms with Crippen LogP contribution in [0, 0.1) is 35.5 Å². The number of ketones is 1. The summed E-state index contributed by atoms with van der Waals surface area (Å²) in [7, 11) is 0. The molecule has 198 valence electrons. The van der Waals surface area contributed by atoms with Gasteiger partial charge >= 0.3 is 0 Å². The minimum Gasteiger partial charge on any atom is -0.373 e. The van der Waals surface area contributed by atoms with Gasteiger partial charge in [-0.25, -0.2) is 0 Å². The van der Waals surface area contributed by atoms with Crippen LogP contribution in [0.4, 0.5) is 0 Å². The van der Waals surface area contributed by atoms with Crippen molar-refractivity contribution in [3.63, 3.8) is 0 Å². The van der Waals surface area contributed by atoms with E-state index in [9.17, 15) is 4.79 Å². The van der Waals surface area contributed by atoms with E-state index in [0.717, 1.165) is 19.3 Å². The number of hydrogen-bond donors (Lipinski definition) is 0.